The number of benzene rings is 1. The van der Waals surface area contributed by atoms with Crippen LogP contribution in [0, 0.1) is 5.41 Å². The predicted molar refractivity (Wildman–Crippen MR) is 75.2 cm³/mol. The number of rotatable bonds is 7. The van der Waals surface area contributed by atoms with Crippen molar-refractivity contribution in [3.05, 3.63) is 35.9 Å². The monoisotopic (exact) mass is 279 g/mol. The molecule has 0 fully saturated rings. The molecule has 0 heterocycles. The summed E-state index contributed by atoms with van der Waals surface area (Å²) in [6, 6.07) is 9.09. The van der Waals surface area contributed by atoms with Gasteiger partial charge in [0, 0.05) is 6.42 Å². The van der Waals surface area contributed by atoms with Crippen LogP contribution in [0.25, 0.3) is 0 Å². The van der Waals surface area contributed by atoms with Gasteiger partial charge < -0.3 is 15.5 Å². The molecule has 0 bridgehead atoms. The fraction of sp³-hybridized carbons (Fsp3) is 0.467. The number of carboxylic acids is 1. The Balaban J connectivity index is 2.56. The molecular weight excluding hydrogens is 258 g/mol. The topological polar surface area (TPSA) is 86.6 Å². The first-order valence-corrected chi connectivity index (χ1v) is 6.52. The molecule has 110 valence electrons. The van der Waals surface area contributed by atoms with Crippen LogP contribution in [0.5, 0.6) is 0 Å². The molecule has 1 atom stereocenters. The van der Waals surface area contributed by atoms with E-state index in [2.05, 4.69) is 5.32 Å². The lowest BCUT2D eigenvalue weighted by atomic mass is 9.89. The molecule has 0 radical (unpaired) electrons. The quantitative estimate of drug-likeness (QED) is 0.700. The van der Waals surface area contributed by atoms with E-state index in [1.807, 2.05) is 30.3 Å². The zero-order chi connectivity index (χ0) is 15.2. The maximum absolute atomic E-state index is 11.8. The number of carboxylic acid groups (broad SMARTS) is 1. The second kappa shape index (κ2) is 7.05. The molecule has 0 aliphatic rings. The van der Waals surface area contributed by atoms with E-state index in [0.29, 0.717) is 6.42 Å². The highest BCUT2D eigenvalue weighted by Gasteiger charge is 2.30. The smallest absolute Gasteiger partial charge is 0.309 e. The van der Waals surface area contributed by atoms with Gasteiger partial charge in [0.05, 0.1) is 18.1 Å². The summed E-state index contributed by atoms with van der Waals surface area (Å²) in [5.41, 5.74) is -0.110. The number of amides is 1. The summed E-state index contributed by atoms with van der Waals surface area (Å²) in [6.07, 6.45) is 0.393. The number of nitrogens with one attached hydrogen (secondary N) is 1. The molecule has 1 rings (SSSR count). The van der Waals surface area contributed by atoms with Crippen molar-refractivity contribution >= 4 is 11.9 Å². The third-order valence-electron chi connectivity index (χ3n) is 3.09. The lowest BCUT2D eigenvalue weighted by molar-refractivity contribution is -0.149. The van der Waals surface area contributed by atoms with Crippen molar-refractivity contribution in [3.63, 3.8) is 0 Å². The Morgan fingerprint density at radius 2 is 1.85 bits per heavy atom. The molecule has 5 nitrogen and oxygen atoms in total. The van der Waals surface area contributed by atoms with Crippen molar-refractivity contribution in [3.8, 4) is 0 Å². The van der Waals surface area contributed by atoms with E-state index < -0.39 is 17.4 Å². The van der Waals surface area contributed by atoms with E-state index in [4.69, 9.17) is 5.11 Å². The lowest BCUT2D eigenvalue weighted by Crippen LogP contribution is -2.42. The summed E-state index contributed by atoms with van der Waals surface area (Å²) in [4.78, 5) is 22.8. The fourth-order valence-electron chi connectivity index (χ4n) is 1.82. The lowest BCUT2D eigenvalue weighted by Gasteiger charge is -2.21. The molecule has 1 amide bonds. The number of hydrogen-bond donors (Lipinski definition) is 3. The standard InChI is InChI=1S/C15H21NO4/c1-15(2,14(19)20)9-13(18)16-12(10-17)8-11-6-4-3-5-7-11/h3-7,12,17H,8-10H2,1-2H3,(H,16,18)(H,19,20). The summed E-state index contributed by atoms with van der Waals surface area (Å²) in [7, 11) is 0. The summed E-state index contributed by atoms with van der Waals surface area (Å²) in [5, 5.41) is 21.0. The van der Waals surface area contributed by atoms with Gasteiger partial charge in [-0.1, -0.05) is 30.3 Å². The maximum Gasteiger partial charge on any atom is 0.309 e. The molecule has 20 heavy (non-hydrogen) atoms. The zero-order valence-corrected chi connectivity index (χ0v) is 11.8. The Bertz CT molecular complexity index is 456. The van der Waals surface area contributed by atoms with Gasteiger partial charge in [0.25, 0.3) is 0 Å². The SMILES string of the molecule is CC(C)(CC(=O)NC(CO)Cc1ccccc1)C(=O)O. The molecule has 1 aromatic carbocycles. The van der Waals surface area contributed by atoms with E-state index in [0.717, 1.165) is 5.56 Å². The van der Waals surface area contributed by atoms with Gasteiger partial charge in [0.15, 0.2) is 0 Å². The number of hydrogen-bond acceptors (Lipinski definition) is 3. The van der Waals surface area contributed by atoms with Gasteiger partial charge in [-0.15, -0.1) is 0 Å². The maximum atomic E-state index is 11.8. The van der Waals surface area contributed by atoms with Gasteiger partial charge in [-0.25, -0.2) is 0 Å². The first-order valence-electron chi connectivity index (χ1n) is 6.52. The van der Waals surface area contributed by atoms with Crippen LogP contribution in [0.15, 0.2) is 30.3 Å². The molecule has 0 aliphatic heterocycles. The average molecular weight is 279 g/mol. The van der Waals surface area contributed by atoms with Crippen molar-refractivity contribution in [2.24, 2.45) is 5.41 Å². The highest BCUT2D eigenvalue weighted by Crippen LogP contribution is 2.20. The van der Waals surface area contributed by atoms with Crippen LogP contribution >= 0.6 is 0 Å². The Morgan fingerprint density at radius 1 is 1.25 bits per heavy atom. The molecular formula is C15H21NO4. The Kier molecular flexibility index (Phi) is 5.70. The average Bonchev–Trinajstić information content (AvgIpc) is 2.38. The molecule has 1 unspecified atom stereocenters. The van der Waals surface area contributed by atoms with Crippen LogP contribution in [-0.2, 0) is 16.0 Å². The summed E-state index contributed by atoms with van der Waals surface area (Å²) >= 11 is 0. The number of aliphatic hydroxyl groups excluding tert-OH is 1. The van der Waals surface area contributed by atoms with Crippen LogP contribution in [-0.4, -0.2) is 34.7 Å². The predicted octanol–water partition coefficient (Wildman–Crippen LogP) is 1.21. The molecule has 0 spiro atoms. The second-order valence-electron chi connectivity index (χ2n) is 5.50. The Morgan fingerprint density at radius 3 is 2.35 bits per heavy atom. The highest BCUT2D eigenvalue weighted by atomic mass is 16.4. The number of carbonyl (C=O) groups excluding carboxylic acids is 1. The van der Waals surface area contributed by atoms with Crippen LogP contribution in [0.3, 0.4) is 0 Å². The van der Waals surface area contributed by atoms with Crippen molar-refractivity contribution in [2.45, 2.75) is 32.7 Å². The van der Waals surface area contributed by atoms with Crippen molar-refractivity contribution in [2.75, 3.05) is 6.61 Å². The molecule has 0 aromatic heterocycles. The van der Waals surface area contributed by atoms with Crippen LogP contribution in [0.4, 0.5) is 0 Å². The van der Waals surface area contributed by atoms with E-state index in [1.54, 1.807) is 0 Å². The summed E-state index contributed by atoms with van der Waals surface area (Å²) in [6.45, 7) is 2.81. The largest absolute Gasteiger partial charge is 0.481 e. The molecule has 0 saturated carbocycles. The third kappa shape index (κ3) is 5.01. The zero-order valence-electron chi connectivity index (χ0n) is 11.8. The first-order chi connectivity index (χ1) is 9.35. The van der Waals surface area contributed by atoms with Gasteiger partial charge in [-0.2, -0.15) is 0 Å². The van der Waals surface area contributed by atoms with Gasteiger partial charge in [-0.3, -0.25) is 9.59 Å². The van der Waals surface area contributed by atoms with Gasteiger partial charge >= 0.3 is 5.97 Å². The third-order valence-corrected chi connectivity index (χ3v) is 3.09. The number of carbonyl (C=O) groups is 2. The normalized spacial score (nSPS) is 12.8. The molecule has 0 aliphatic carbocycles. The van der Waals surface area contributed by atoms with E-state index in [-0.39, 0.29) is 18.9 Å². The minimum Gasteiger partial charge on any atom is -0.481 e. The molecule has 1 aromatic rings. The Labute approximate surface area is 118 Å². The van der Waals surface area contributed by atoms with E-state index in [1.165, 1.54) is 13.8 Å². The number of aliphatic carboxylic acids is 1. The minimum atomic E-state index is -1.11. The molecule has 0 saturated heterocycles. The highest BCUT2D eigenvalue weighted by molar-refractivity contribution is 5.84. The van der Waals surface area contributed by atoms with E-state index in [9.17, 15) is 14.7 Å². The molecule has 3 N–H and O–H groups in total. The van der Waals surface area contributed by atoms with Crippen LogP contribution in [0.1, 0.15) is 25.8 Å². The minimum absolute atomic E-state index is 0.117. The number of aliphatic hydroxyl groups is 1. The molecule has 5 heteroatoms. The van der Waals surface area contributed by atoms with Crippen molar-refractivity contribution in [1.29, 1.82) is 0 Å². The second-order valence-corrected chi connectivity index (χ2v) is 5.50. The van der Waals surface area contributed by atoms with Crippen molar-refractivity contribution < 1.29 is 19.8 Å². The summed E-state index contributed by atoms with van der Waals surface area (Å²) < 4.78 is 0. The van der Waals surface area contributed by atoms with Crippen molar-refractivity contribution in [1.82, 2.24) is 5.32 Å². The van der Waals surface area contributed by atoms with E-state index >= 15 is 0 Å². The van der Waals surface area contributed by atoms with Crippen LogP contribution in [0.2, 0.25) is 0 Å². The van der Waals surface area contributed by atoms with Gasteiger partial charge in [-0.05, 0) is 25.8 Å². The van der Waals surface area contributed by atoms with Gasteiger partial charge in [0.2, 0.25) is 5.91 Å². The Hall–Kier alpha value is -1.88. The fourth-order valence-corrected chi connectivity index (χ4v) is 1.82. The van der Waals surface area contributed by atoms with Crippen LogP contribution < -0.4 is 5.32 Å². The summed E-state index contributed by atoms with van der Waals surface area (Å²) in [5.74, 6) is -1.39. The van der Waals surface area contributed by atoms with Gasteiger partial charge in [0.1, 0.15) is 0 Å². The first kappa shape index (κ1) is 16.2.